The van der Waals surface area contributed by atoms with Crippen LogP contribution in [0.5, 0.6) is 0 Å². The number of nitrogens with one attached hydrogen (secondary N) is 1. The zero-order chi connectivity index (χ0) is 16.2. The van der Waals surface area contributed by atoms with Crippen LogP contribution in [0.2, 0.25) is 0 Å². The first-order valence-electron chi connectivity index (χ1n) is 6.99. The molecule has 5 nitrogen and oxygen atoms in total. The van der Waals surface area contributed by atoms with Crippen molar-refractivity contribution in [1.82, 2.24) is 4.72 Å². The van der Waals surface area contributed by atoms with E-state index in [9.17, 15) is 8.42 Å². The zero-order valence-electron chi connectivity index (χ0n) is 13.4. The summed E-state index contributed by atoms with van der Waals surface area (Å²) in [7, 11) is -3.56. The summed E-state index contributed by atoms with van der Waals surface area (Å²) in [6.07, 6.45) is 0. The van der Waals surface area contributed by atoms with Crippen LogP contribution in [0.1, 0.15) is 27.8 Å². The Morgan fingerprint density at radius 2 is 1.38 bits per heavy atom. The van der Waals surface area contributed by atoms with Gasteiger partial charge in [0, 0.05) is 6.54 Å². The highest BCUT2D eigenvalue weighted by molar-refractivity contribution is 7.89. The lowest BCUT2D eigenvalue weighted by atomic mass is 9.95. The smallest absolute Gasteiger partial charge is 0.241 e. The van der Waals surface area contributed by atoms with Gasteiger partial charge in [0.25, 0.3) is 0 Å². The maximum absolute atomic E-state index is 12.5. The molecule has 0 aliphatic carbocycles. The summed E-state index contributed by atoms with van der Waals surface area (Å²) in [5.74, 6) is 0. The molecule has 6 heteroatoms. The molecule has 1 aromatic rings. The minimum absolute atomic E-state index is 0.0681. The van der Waals surface area contributed by atoms with Crippen LogP contribution in [-0.4, -0.2) is 39.9 Å². The fourth-order valence-corrected chi connectivity index (χ4v) is 3.96. The van der Waals surface area contributed by atoms with Crippen LogP contribution in [0, 0.1) is 34.6 Å². The summed E-state index contributed by atoms with van der Waals surface area (Å²) >= 11 is 0. The molecule has 1 aromatic carbocycles. The summed E-state index contributed by atoms with van der Waals surface area (Å²) in [5.41, 5.74) is 4.74. The first-order chi connectivity index (χ1) is 9.74. The molecule has 120 valence electrons. The summed E-state index contributed by atoms with van der Waals surface area (Å²) in [6.45, 7) is 10.1. The third-order valence-electron chi connectivity index (χ3n) is 3.97. The van der Waals surface area contributed by atoms with Gasteiger partial charge >= 0.3 is 0 Å². The summed E-state index contributed by atoms with van der Waals surface area (Å²) < 4.78 is 32.6. The Balaban J connectivity index is 3.04. The molecule has 0 amide bonds. The molecule has 0 aliphatic heterocycles. The van der Waals surface area contributed by atoms with Crippen LogP contribution in [0.15, 0.2) is 4.90 Å². The SMILES string of the molecule is Cc1c(C)c(C)c(S(=O)(=O)NCCOCCO)c(C)c1C. The number of hydrogen-bond donors (Lipinski definition) is 2. The molecule has 0 radical (unpaired) electrons. The van der Waals surface area contributed by atoms with Crippen molar-refractivity contribution < 1.29 is 18.3 Å². The molecule has 2 N–H and O–H groups in total. The Kier molecular flexibility index (Phi) is 6.34. The summed E-state index contributed by atoms with van der Waals surface area (Å²) in [6, 6.07) is 0. The van der Waals surface area contributed by atoms with Gasteiger partial charge in [-0.3, -0.25) is 0 Å². The Bertz CT molecular complexity index is 580. The van der Waals surface area contributed by atoms with E-state index in [1.54, 1.807) is 0 Å². The van der Waals surface area contributed by atoms with Gasteiger partial charge in [-0.1, -0.05) is 0 Å². The van der Waals surface area contributed by atoms with Crippen molar-refractivity contribution in [2.45, 2.75) is 39.5 Å². The van der Waals surface area contributed by atoms with Gasteiger partial charge < -0.3 is 9.84 Å². The van der Waals surface area contributed by atoms with Crippen molar-refractivity contribution >= 4 is 10.0 Å². The highest BCUT2D eigenvalue weighted by atomic mass is 32.2. The molecule has 0 aromatic heterocycles. The first kappa shape index (κ1) is 18.1. The van der Waals surface area contributed by atoms with Crippen LogP contribution in [0.3, 0.4) is 0 Å². The third-order valence-corrected chi connectivity index (χ3v) is 5.71. The highest BCUT2D eigenvalue weighted by Crippen LogP contribution is 2.29. The van der Waals surface area contributed by atoms with E-state index in [1.165, 1.54) is 0 Å². The molecule has 0 saturated heterocycles. The predicted octanol–water partition coefficient (Wildman–Crippen LogP) is 1.52. The van der Waals surface area contributed by atoms with Crippen molar-refractivity contribution in [3.8, 4) is 0 Å². The fourth-order valence-electron chi connectivity index (χ4n) is 2.36. The molecule has 21 heavy (non-hydrogen) atoms. The van der Waals surface area contributed by atoms with Crippen LogP contribution < -0.4 is 4.72 Å². The van der Waals surface area contributed by atoms with E-state index < -0.39 is 10.0 Å². The molecule has 0 fully saturated rings. The van der Waals surface area contributed by atoms with Crippen LogP contribution >= 0.6 is 0 Å². The molecule has 1 rings (SSSR count). The molecule has 0 heterocycles. The highest BCUT2D eigenvalue weighted by Gasteiger charge is 2.23. The topological polar surface area (TPSA) is 75.6 Å². The largest absolute Gasteiger partial charge is 0.394 e. The molecular formula is C15H25NO4S. The Hall–Kier alpha value is -0.950. The number of rotatable bonds is 7. The molecule has 0 unspecified atom stereocenters. The van der Waals surface area contributed by atoms with Crippen LogP contribution in [-0.2, 0) is 14.8 Å². The van der Waals surface area contributed by atoms with E-state index in [2.05, 4.69) is 4.72 Å². The second kappa shape index (κ2) is 7.35. The standard InChI is InChI=1S/C15H25NO4S/c1-10-11(2)13(4)15(14(5)12(10)3)21(18,19)16-6-8-20-9-7-17/h16-17H,6-9H2,1-5H3. The quantitative estimate of drug-likeness (QED) is 0.748. The number of aliphatic hydroxyl groups is 1. The molecular weight excluding hydrogens is 290 g/mol. The van der Waals surface area contributed by atoms with Gasteiger partial charge in [0.1, 0.15) is 0 Å². The number of aliphatic hydroxyl groups excluding tert-OH is 1. The third kappa shape index (κ3) is 4.03. The van der Waals surface area contributed by atoms with Gasteiger partial charge in [0.2, 0.25) is 10.0 Å². The Morgan fingerprint density at radius 3 is 1.86 bits per heavy atom. The van der Waals surface area contributed by atoms with Crippen molar-refractivity contribution in [3.05, 3.63) is 27.8 Å². The minimum Gasteiger partial charge on any atom is -0.394 e. The fraction of sp³-hybridized carbons (Fsp3) is 0.600. The van der Waals surface area contributed by atoms with Crippen molar-refractivity contribution in [1.29, 1.82) is 0 Å². The van der Waals surface area contributed by atoms with Crippen molar-refractivity contribution in [2.24, 2.45) is 0 Å². The lowest BCUT2D eigenvalue weighted by Gasteiger charge is -2.19. The van der Waals surface area contributed by atoms with E-state index in [0.717, 1.165) is 27.8 Å². The average molecular weight is 315 g/mol. The van der Waals surface area contributed by atoms with Gasteiger partial charge in [0.15, 0.2) is 0 Å². The molecule has 0 bridgehead atoms. The molecule has 0 saturated carbocycles. The van der Waals surface area contributed by atoms with Gasteiger partial charge in [0.05, 0.1) is 24.7 Å². The Labute approximate surface area is 127 Å². The summed E-state index contributed by atoms with van der Waals surface area (Å²) in [4.78, 5) is 0.366. The Morgan fingerprint density at radius 1 is 0.905 bits per heavy atom. The normalized spacial score (nSPS) is 11.9. The summed E-state index contributed by atoms with van der Waals surface area (Å²) in [5, 5.41) is 8.60. The maximum Gasteiger partial charge on any atom is 0.241 e. The van der Waals surface area contributed by atoms with E-state index in [4.69, 9.17) is 9.84 Å². The lowest BCUT2D eigenvalue weighted by molar-refractivity contribution is 0.0961. The van der Waals surface area contributed by atoms with Crippen molar-refractivity contribution in [2.75, 3.05) is 26.4 Å². The number of benzene rings is 1. The van der Waals surface area contributed by atoms with Gasteiger partial charge in [-0.15, -0.1) is 0 Å². The van der Waals surface area contributed by atoms with Gasteiger partial charge in [-0.2, -0.15) is 0 Å². The molecule has 0 spiro atoms. The molecule has 0 atom stereocenters. The second-order valence-electron chi connectivity index (χ2n) is 5.19. The lowest BCUT2D eigenvalue weighted by Crippen LogP contribution is -2.29. The average Bonchev–Trinajstić information content (AvgIpc) is 2.42. The van der Waals surface area contributed by atoms with E-state index in [0.29, 0.717) is 4.90 Å². The van der Waals surface area contributed by atoms with Crippen LogP contribution in [0.25, 0.3) is 0 Å². The number of sulfonamides is 1. The first-order valence-corrected chi connectivity index (χ1v) is 8.47. The second-order valence-corrected chi connectivity index (χ2v) is 6.89. The predicted molar refractivity (Wildman–Crippen MR) is 83.2 cm³/mol. The van der Waals surface area contributed by atoms with E-state index in [1.807, 2.05) is 34.6 Å². The number of hydrogen-bond acceptors (Lipinski definition) is 4. The van der Waals surface area contributed by atoms with E-state index >= 15 is 0 Å². The van der Waals surface area contributed by atoms with Gasteiger partial charge in [-0.25, -0.2) is 13.1 Å². The monoisotopic (exact) mass is 315 g/mol. The zero-order valence-corrected chi connectivity index (χ0v) is 14.2. The van der Waals surface area contributed by atoms with Crippen molar-refractivity contribution in [3.63, 3.8) is 0 Å². The van der Waals surface area contributed by atoms with Crippen LogP contribution in [0.4, 0.5) is 0 Å². The number of ether oxygens (including phenoxy) is 1. The van der Waals surface area contributed by atoms with Gasteiger partial charge in [-0.05, 0) is 62.4 Å². The maximum atomic E-state index is 12.5. The van der Waals surface area contributed by atoms with E-state index in [-0.39, 0.29) is 26.4 Å². The minimum atomic E-state index is -3.56. The molecule has 0 aliphatic rings.